The molecule has 0 aliphatic rings. The first-order valence-electron chi connectivity index (χ1n) is 11.1. The molecule has 0 aromatic rings. The van der Waals surface area contributed by atoms with Gasteiger partial charge in [-0.3, -0.25) is 9.59 Å². The number of hydrogen-bond acceptors (Lipinski definition) is 2. The van der Waals surface area contributed by atoms with Gasteiger partial charge in [-0.05, 0) is 20.3 Å². The molecule has 0 radical (unpaired) electrons. The number of ketones is 2. The van der Waals surface area contributed by atoms with Crippen molar-refractivity contribution < 1.29 is 9.59 Å². The van der Waals surface area contributed by atoms with Gasteiger partial charge < -0.3 is 0 Å². The Morgan fingerprint density at radius 1 is 0.520 bits per heavy atom. The summed E-state index contributed by atoms with van der Waals surface area (Å²) in [5, 5.41) is 0. The lowest BCUT2D eigenvalue weighted by Gasteiger charge is -2.09. The molecule has 0 saturated carbocycles. The molecule has 0 N–H and O–H groups in total. The highest BCUT2D eigenvalue weighted by atomic mass is 16.1. The summed E-state index contributed by atoms with van der Waals surface area (Å²) in [6.45, 7) is 5.36. The number of unbranched alkanes of at least 4 members (excludes halogenated alkanes) is 15. The highest BCUT2D eigenvalue weighted by molar-refractivity contribution is 6.00. The number of rotatable bonds is 19. The molecule has 0 saturated heterocycles. The Labute approximate surface area is 157 Å². The van der Waals surface area contributed by atoms with E-state index in [0.29, 0.717) is 0 Å². The lowest BCUT2D eigenvalue weighted by Crippen LogP contribution is -2.19. The Kier molecular flexibility index (Phi) is 17.7. The molecule has 0 amide bonds. The average molecular weight is 353 g/mol. The fourth-order valence-electron chi connectivity index (χ4n) is 3.59. The van der Waals surface area contributed by atoms with Crippen molar-refractivity contribution in [2.45, 2.75) is 130 Å². The second-order valence-electron chi connectivity index (χ2n) is 7.87. The molecule has 0 aliphatic heterocycles. The van der Waals surface area contributed by atoms with Crippen molar-refractivity contribution in [3.8, 4) is 0 Å². The smallest absolute Gasteiger partial charge is 0.140 e. The van der Waals surface area contributed by atoms with Gasteiger partial charge in [0, 0.05) is 0 Å². The monoisotopic (exact) mass is 352 g/mol. The van der Waals surface area contributed by atoms with E-state index in [1.807, 2.05) is 0 Å². The van der Waals surface area contributed by atoms with Crippen LogP contribution in [0.15, 0.2) is 0 Å². The molecule has 0 aliphatic carbocycles. The van der Waals surface area contributed by atoms with Crippen LogP contribution in [-0.4, -0.2) is 11.6 Å². The van der Waals surface area contributed by atoms with Crippen LogP contribution in [0.3, 0.4) is 0 Å². The molecule has 2 heteroatoms. The minimum Gasteiger partial charge on any atom is -0.299 e. The zero-order valence-corrected chi connectivity index (χ0v) is 17.4. The van der Waals surface area contributed by atoms with Crippen LogP contribution in [0, 0.1) is 5.92 Å². The normalized spacial score (nSPS) is 11.2. The van der Waals surface area contributed by atoms with E-state index in [2.05, 4.69) is 6.92 Å². The maximum Gasteiger partial charge on any atom is 0.140 e. The lowest BCUT2D eigenvalue weighted by atomic mass is 9.93. The van der Waals surface area contributed by atoms with Crippen molar-refractivity contribution in [3.05, 3.63) is 0 Å². The van der Waals surface area contributed by atoms with Crippen LogP contribution in [0.2, 0.25) is 0 Å². The predicted octanol–water partition coefficient (Wildman–Crippen LogP) is 7.43. The summed E-state index contributed by atoms with van der Waals surface area (Å²) in [5.74, 6) is -0.270. The van der Waals surface area contributed by atoms with Crippen LogP contribution in [0.5, 0.6) is 0 Å². The Morgan fingerprint density at radius 3 is 1.08 bits per heavy atom. The first-order chi connectivity index (χ1) is 12.1. The van der Waals surface area contributed by atoms with Gasteiger partial charge in [0.1, 0.15) is 11.6 Å². The van der Waals surface area contributed by atoms with Gasteiger partial charge in [0.05, 0.1) is 5.92 Å². The van der Waals surface area contributed by atoms with Crippen molar-refractivity contribution in [3.63, 3.8) is 0 Å². The number of carbonyl (C=O) groups is 2. The van der Waals surface area contributed by atoms with Gasteiger partial charge in [-0.2, -0.15) is 0 Å². The van der Waals surface area contributed by atoms with Crippen molar-refractivity contribution >= 4 is 11.6 Å². The third kappa shape index (κ3) is 16.6. The molecule has 0 rings (SSSR count). The molecule has 0 atom stereocenters. The van der Waals surface area contributed by atoms with Crippen LogP contribution in [0.1, 0.15) is 130 Å². The summed E-state index contributed by atoms with van der Waals surface area (Å²) in [5.41, 5.74) is 0. The molecular formula is C23H44O2. The molecule has 0 fully saturated rings. The van der Waals surface area contributed by atoms with E-state index in [1.54, 1.807) is 13.8 Å². The van der Waals surface area contributed by atoms with Gasteiger partial charge in [-0.15, -0.1) is 0 Å². The van der Waals surface area contributed by atoms with E-state index in [4.69, 9.17) is 0 Å². The minimum absolute atomic E-state index is 0.0356. The molecule has 0 aromatic heterocycles. The average Bonchev–Trinajstić information content (AvgIpc) is 2.57. The van der Waals surface area contributed by atoms with Gasteiger partial charge in [-0.1, -0.05) is 110 Å². The van der Waals surface area contributed by atoms with Crippen LogP contribution in [0.25, 0.3) is 0 Å². The third-order valence-electron chi connectivity index (χ3n) is 5.33. The third-order valence-corrected chi connectivity index (χ3v) is 5.33. The van der Waals surface area contributed by atoms with E-state index < -0.39 is 0 Å². The predicted molar refractivity (Wildman–Crippen MR) is 109 cm³/mol. The molecule has 0 bridgehead atoms. The lowest BCUT2D eigenvalue weighted by molar-refractivity contribution is -0.130. The van der Waals surface area contributed by atoms with Crippen molar-refractivity contribution in [2.75, 3.05) is 0 Å². The summed E-state index contributed by atoms with van der Waals surface area (Å²) in [7, 11) is 0. The molecule has 25 heavy (non-hydrogen) atoms. The molecule has 148 valence electrons. The van der Waals surface area contributed by atoms with Crippen molar-refractivity contribution in [1.82, 2.24) is 0 Å². The largest absolute Gasteiger partial charge is 0.299 e. The van der Waals surface area contributed by atoms with Crippen molar-refractivity contribution in [1.29, 1.82) is 0 Å². The van der Waals surface area contributed by atoms with Crippen molar-refractivity contribution in [2.24, 2.45) is 5.92 Å². The summed E-state index contributed by atoms with van der Waals surface area (Å²) < 4.78 is 0. The Morgan fingerprint density at radius 2 is 0.800 bits per heavy atom. The summed E-state index contributed by atoms with van der Waals surface area (Å²) in [4.78, 5) is 22.7. The van der Waals surface area contributed by atoms with E-state index in [9.17, 15) is 9.59 Å². The van der Waals surface area contributed by atoms with Crippen LogP contribution >= 0.6 is 0 Å². The molecule has 0 unspecified atom stereocenters. The van der Waals surface area contributed by atoms with E-state index in [-0.39, 0.29) is 17.5 Å². The Bertz CT molecular complexity index is 308. The fourth-order valence-corrected chi connectivity index (χ4v) is 3.59. The number of Topliss-reactive ketones (excluding diaryl/α,β-unsaturated/α-hetero) is 2. The molecule has 0 aromatic carbocycles. The quantitative estimate of drug-likeness (QED) is 0.179. The fraction of sp³-hybridized carbons (Fsp3) is 0.913. The molecular weight excluding hydrogens is 308 g/mol. The van der Waals surface area contributed by atoms with Gasteiger partial charge in [0.15, 0.2) is 0 Å². The zero-order chi connectivity index (χ0) is 18.8. The topological polar surface area (TPSA) is 34.1 Å². The van der Waals surface area contributed by atoms with E-state index in [1.165, 1.54) is 89.9 Å². The highest BCUT2D eigenvalue weighted by Gasteiger charge is 2.18. The van der Waals surface area contributed by atoms with Crippen LogP contribution < -0.4 is 0 Å². The second-order valence-corrected chi connectivity index (χ2v) is 7.87. The van der Waals surface area contributed by atoms with Gasteiger partial charge in [0.25, 0.3) is 0 Å². The standard InChI is InChI=1S/C23H44O2/c1-4-5-6-7-8-9-10-11-12-13-14-15-16-17-18-19-20-23(21(2)24)22(3)25/h23H,4-20H2,1-3H3. The zero-order valence-electron chi connectivity index (χ0n) is 17.4. The summed E-state index contributed by atoms with van der Waals surface area (Å²) in [6.07, 6.45) is 22.4. The first-order valence-corrected chi connectivity index (χ1v) is 11.1. The Hall–Kier alpha value is -0.660. The second kappa shape index (κ2) is 18.1. The minimum atomic E-state index is -0.341. The number of carbonyl (C=O) groups excluding carboxylic acids is 2. The molecule has 0 spiro atoms. The van der Waals surface area contributed by atoms with Gasteiger partial charge in [0.2, 0.25) is 0 Å². The highest BCUT2D eigenvalue weighted by Crippen LogP contribution is 2.16. The SMILES string of the molecule is CCCCCCCCCCCCCCCCCCC(C(C)=O)C(C)=O. The van der Waals surface area contributed by atoms with E-state index >= 15 is 0 Å². The maximum atomic E-state index is 11.4. The summed E-state index contributed by atoms with van der Waals surface area (Å²) >= 11 is 0. The first kappa shape index (κ1) is 24.3. The van der Waals surface area contributed by atoms with Gasteiger partial charge in [-0.25, -0.2) is 0 Å². The van der Waals surface area contributed by atoms with Crippen LogP contribution in [0.4, 0.5) is 0 Å². The maximum absolute atomic E-state index is 11.4. The molecule has 0 heterocycles. The number of hydrogen-bond donors (Lipinski definition) is 0. The van der Waals surface area contributed by atoms with Crippen LogP contribution in [-0.2, 0) is 9.59 Å². The van der Waals surface area contributed by atoms with E-state index in [0.717, 1.165) is 19.3 Å². The molecule has 2 nitrogen and oxygen atoms in total. The Balaban J connectivity index is 3.21. The summed E-state index contributed by atoms with van der Waals surface area (Å²) in [6, 6.07) is 0. The van der Waals surface area contributed by atoms with Gasteiger partial charge >= 0.3 is 0 Å².